The Morgan fingerprint density at radius 2 is 1.85 bits per heavy atom. The third-order valence-electron chi connectivity index (χ3n) is 3.35. The summed E-state index contributed by atoms with van der Waals surface area (Å²) < 4.78 is 6.07. The molecule has 1 heterocycles. The van der Waals surface area contributed by atoms with Gasteiger partial charge in [-0.1, -0.05) is 18.9 Å². The smallest absolute Gasteiger partial charge is 0.338 e. The molecule has 0 N–H and O–H groups in total. The number of amides is 1. The Morgan fingerprint density at radius 1 is 1.15 bits per heavy atom. The van der Waals surface area contributed by atoms with Gasteiger partial charge in [0.05, 0.1) is 5.56 Å². The molecule has 0 saturated carbocycles. The first kappa shape index (κ1) is 15.3. The van der Waals surface area contributed by atoms with Crippen molar-refractivity contribution in [1.82, 2.24) is 4.90 Å². The van der Waals surface area contributed by atoms with E-state index in [2.05, 4.69) is 22.6 Å². The monoisotopic (exact) mass is 387 g/mol. The van der Waals surface area contributed by atoms with E-state index in [-0.39, 0.29) is 12.5 Å². The molecule has 4 nitrogen and oxygen atoms in total. The van der Waals surface area contributed by atoms with Gasteiger partial charge in [0.25, 0.3) is 5.91 Å². The van der Waals surface area contributed by atoms with Crippen LogP contribution in [-0.2, 0) is 9.53 Å². The Morgan fingerprint density at radius 3 is 2.50 bits per heavy atom. The van der Waals surface area contributed by atoms with Crippen LogP contribution in [0.4, 0.5) is 0 Å². The van der Waals surface area contributed by atoms with Gasteiger partial charge in [-0.15, -0.1) is 0 Å². The van der Waals surface area contributed by atoms with Crippen LogP contribution in [0.5, 0.6) is 0 Å². The van der Waals surface area contributed by atoms with Crippen molar-refractivity contribution in [2.24, 2.45) is 0 Å². The fraction of sp³-hybridized carbons (Fsp3) is 0.467. The molecule has 1 aliphatic rings. The Labute approximate surface area is 132 Å². The summed E-state index contributed by atoms with van der Waals surface area (Å²) in [5.74, 6) is -0.530. The van der Waals surface area contributed by atoms with E-state index in [1.165, 1.54) is 12.8 Å². The number of carbonyl (C=O) groups is 2. The molecule has 1 amide bonds. The van der Waals surface area contributed by atoms with Crippen LogP contribution in [0.25, 0.3) is 0 Å². The van der Waals surface area contributed by atoms with Crippen molar-refractivity contribution in [3.8, 4) is 0 Å². The second-order valence-electron chi connectivity index (χ2n) is 4.88. The first-order valence-corrected chi connectivity index (χ1v) is 7.95. The first-order chi connectivity index (χ1) is 9.66. The van der Waals surface area contributed by atoms with E-state index in [1.807, 2.05) is 6.07 Å². The number of rotatable bonds is 3. The molecule has 0 spiro atoms. The van der Waals surface area contributed by atoms with E-state index < -0.39 is 5.97 Å². The predicted molar refractivity (Wildman–Crippen MR) is 84.5 cm³/mol. The van der Waals surface area contributed by atoms with Gasteiger partial charge in [0.15, 0.2) is 6.61 Å². The molecule has 0 atom stereocenters. The van der Waals surface area contributed by atoms with Crippen LogP contribution < -0.4 is 0 Å². The molecule has 5 heteroatoms. The number of carbonyl (C=O) groups excluding carboxylic acids is 2. The normalized spacial score (nSPS) is 15.6. The summed E-state index contributed by atoms with van der Waals surface area (Å²) in [6.07, 6.45) is 4.42. The highest BCUT2D eigenvalue weighted by Gasteiger charge is 2.17. The molecule has 1 fully saturated rings. The van der Waals surface area contributed by atoms with Gasteiger partial charge in [0, 0.05) is 16.7 Å². The van der Waals surface area contributed by atoms with Crippen molar-refractivity contribution in [3.63, 3.8) is 0 Å². The Balaban J connectivity index is 1.84. The molecular weight excluding hydrogens is 369 g/mol. The summed E-state index contributed by atoms with van der Waals surface area (Å²) in [7, 11) is 0. The summed E-state index contributed by atoms with van der Waals surface area (Å²) in [5, 5.41) is 0. The van der Waals surface area contributed by atoms with Gasteiger partial charge in [-0.2, -0.15) is 0 Å². The zero-order chi connectivity index (χ0) is 14.4. The molecule has 1 saturated heterocycles. The van der Waals surface area contributed by atoms with Crippen LogP contribution in [0.1, 0.15) is 36.0 Å². The van der Waals surface area contributed by atoms with Crippen molar-refractivity contribution in [3.05, 3.63) is 33.4 Å². The molecule has 1 aromatic rings. The zero-order valence-electron chi connectivity index (χ0n) is 11.3. The fourth-order valence-electron chi connectivity index (χ4n) is 2.24. The molecule has 0 aromatic heterocycles. The highest BCUT2D eigenvalue weighted by molar-refractivity contribution is 14.1. The topological polar surface area (TPSA) is 46.6 Å². The van der Waals surface area contributed by atoms with Crippen molar-refractivity contribution >= 4 is 34.5 Å². The molecule has 108 valence electrons. The average Bonchev–Trinajstić information content (AvgIpc) is 2.73. The quantitative estimate of drug-likeness (QED) is 0.592. The summed E-state index contributed by atoms with van der Waals surface area (Å²) in [5.41, 5.74) is 0.487. The third-order valence-corrected chi connectivity index (χ3v) is 4.02. The molecule has 1 aliphatic heterocycles. The van der Waals surface area contributed by atoms with Gasteiger partial charge >= 0.3 is 5.97 Å². The maximum absolute atomic E-state index is 12.0. The lowest BCUT2D eigenvalue weighted by Crippen LogP contribution is -2.35. The van der Waals surface area contributed by atoms with E-state index in [0.29, 0.717) is 5.56 Å². The van der Waals surface area contributed by atoms with Crippen molar-refractivity contribution in [1.29, 1.82) is 0 Å². The molecule has 20 heavy (non-hydrogen) atoms. The Kier molecular flexibility index (Phi) is 5.82. The molecule has 0 bridgehead atoms. The van der Waals surface area contributed by atoms with Crippen LogP contribution in [0.2, 0.25) is 0 Å². The van der Waals surface area contributed by atoms with E-state index in [4.69, 9.17) is 4.74 Å². The maximum Gasteiger partial charge on any atom is 0.338 e. The number of benzene rings is 1. The molecule has 2 rings (SSSR count). The van der Waals surface area contributed by atoms with E-state index in [0.717, 1.165) is 29.5 Å². The van der Waals surface area contributed by atoms with Crippen molar-refractivity contribution < 1.29 is 14.3 Å². The molecule has 0 unspecified atom stereocenters. The number of hydrogen-bond donors (Lipinski definition) is 0. The Hall–Kier alpha value is -1.11. The number of halogens is 1. The SMILES string of the molecule is O=C(OCC(=O)N1CCCCCC1)c1cccc(I)c1. The molecule has 0 radical (unpaired) electrons. The van der Waals surface area contributed by atoms with Crippen molar-refractivity contribution in [2.75, 3.05) is 19.7 Å². The average molecular weight is 387 g/mol. The second-order valence-corrected chi connectivity index (χ2v) is 6.13. The van der Waals surface area contributed by atoms with Gasteiger partial charge in [0.1, 0.15) is 0 Å². The van der Waals surface area contributed by atoms with Gasteiger partial charge < -0.3 is 9.64 Å². The summed E-state index contributed by atoms with van der Waals surface area (Å²) in [6.45, 7) is 1.39. The van der Waals surface area contributed by atoms with E-state index in [1.54, 1.807) is 23.1 Å². The number of ether oxygens (including phenoxy) is 1. The summed E-state index contributed by atoms with van der Waals surface area (Å²) >= 11 is 2.14. The highest BCUT2D eigenvalue weighted by atomic mass is 127. The largest absolute Gasteiger partial charge is 0.452 e. The van der Waals surface area contributed by atoms with Crippen molar-refractivity contribution in [2.45, 2.75) is 25.7 Å². The minimum atomic E-state index is -0.438. The standard InChI is InChI=1S/C15H18INO3/c16-13-7-5-6-12(10-13)15(19)20-11-14(18)17-8-3-1-2-4-9-17/h5-7,10H,1-4,8-9,11H2. The van der Waals surface area contributed by atoms with Gasteiger partial charge in [-0.3, -0.25) is 4.79 Å². The van der Waals surface area contributed by atoms with E-state index in [9.17, 15) is 9.59 Å². The number of hydrogen-bond acceptors (Lipinski definition) is 3. The summed E-state index contributed by atoms with van der Waals surface area (Å²) in [6, 6.07) is 7.15. The summed E-state index contributed by atoms with van der Waals surface area (Å²) in [4.78, 5) is 25.7. The van der Waals surface area contributed by atoms with Crippen LogP contribution in [0.3, 0.4) is 0 Å². The Bertz CT molecular complexity index is 482. The van der Waals surface area contributed by atoms with Crippen LogP contribution in [0, 0.1) is 3.57 Å². The van der Waals surface area contributed by atoms with Gasteiger partial charge in [-0.25, -0.2) is 4.79 Å². The number of likely N-dealkylation sites (tertiary alicyclic amines) is 1. The minimum Gasteiger partial charge on any atom is -0.452 e. The number of nitrogens with zero attached hydrogens (tertiary/aromatic N) is 1. The number of esters is 1. The van der Waals surface area contributed by atoms with Crippen LogP contribution in [-0.4, -0.2) is 36.5 Å². The predicted octanol–water partition coefficient (Wildman–Crippen LogP) is 2.85. The molecular formula is C15H18INO3. The lowest BCUT2D eigenvalue weighted by molar-refractivity contribution is -0.134. The minimum absolute atomic E-state index is 0.0918. The first-order valence-electron chi connectivity index (χ1n) is 6.87. The van der Waals surface area contributed by atoms with Crippen LogP contribution in [0.15, 0.2) is 24.3 Å². The van der Waals surface area contributed by atoms with E-state index >= 15 is 0 Å². The zero-order valence-corrected chi connectivity index (χ0v) is 13.5. The maximum atomic E-state index is 12.0. The van der Waals surface area contributed by atoms with Crippen LogP contribution >= 0.6 is 22.6 Å². The van der Waals surface area contributed by atoms with Gasteiger partial charge in [-0.05, 0) is 53.6 Å². The lowest BCUT2D eigenvalue weighted by Gasteiger charge is -2.19. The lowest BCUT2D eigenvalue weighted by atomic mass is 10.2. The highest BCUT2D eigenvalue weighted by Crippen LogP contribution is 2.11. The fourth-order valence-corrected chi connectivity index (χ4v) is 2.78. The third kappa shape index (κ3) is 4.47. The van der Waals surface area contributed by atoms with Gasteiger partial charge in [0.2, 0.25) is 0 Å². The second kappa shape index (κ2) is 7.61. The molecule has 0 aliphatic carbocycles. The molecule has 1 aromatic carbocycles.